The van der Waals surface area contributed by atoms with E-state index in [-0.39, 0.29) is 29.7 Å². The van der Waals surface area contributed by atoms with Gasteiger partial charge in [-0.05, 0) is 37.5 Å². The topological polar surface area (TPSA) is 58.1 Å². The van der Waals surface area contributed by atoms with E-state index < -0.39 is 6.61 Å². The zero-order valence-electron chi connectivity index (χ0n) is 19.3. The van der Waals surface area contributed by atoms with Crippen LogP contribution in [0.1, 0.15) is 29.5 Å². The Hall–Kier alpha value is -2.14. The van der Waals surface area contributed by atoms with Gasteiger partial charge in [-0.2, -0.15) is 8.78 Å². The lowest BCUT2D eigenvalue weighted by molar-refractivity contribution is -0.0505. The maximum absolute atomic E-state index is 12.8. The van der Waals surface area contributed by atoms with Crippen LogP contribution in [0.5, 0.6) is 11.5 Å². The largest absolute Gasteiger partial charge is 0.497 e. The van der Waals surface area contributed by atoms with Gasteiger partial charge in [0.25, 0.3) is 0 Å². The normalized spacial score (nSPS) is 15.2. The minimum Gasteiger partial charge on any atom is -0.497 e. The Morgan fingerprint density at radius 3 is 2.58 bits per heavy atom. The highest BCUT2D eigenvalue weighted by Gasteiger charge is 2.20. The number of aliphatic imine (C=N–C) groups is 1. The number of alkyl halides is 2. The first-order chi connectivity index (χ1) is 15.5. The molecule has 0 aromatic heterocycles. The number of methoxy groups -OCH3 is 1. The van der Waals surface area contributed by atoms with Gasteiger partial charge in [0.15, 0.2) is 5.96 Å². The molecule has 182 valence electrons. The van der Waals surface area contributed by atoms with E-state index in [1.807, 2.05) is 0 Å². The summed E-state index contributed by atoms with van der Waals surface area (Å²) in [5.74, 6) is 1.19. The first kappa shape index (κ1) is 27.1. The summed E-state index contributed by atoms with van der Waals surface area (Å²) < 4.78 is 35.3. The van der Waals surface area contributed by atoms with Crippen molar-refractivity contribution in [2.45, 2.75) is 45.5 Å². The zero-order valence-corrected chi connectivity index (χ0v) is 21.6. The highest BCUT2D eigenvalue weighted by Crippen LogP contribution is 2.26. The lowest BCUT2D eigenvalue weighted by Crippen LogP contribution is -2.48. The minimum atomic E-state index is -2.90. The molecule has 2 N–H and O–H groups in total. The van der Waals surface area contributed by atoms with Crippen molar-refractivity contribution in [3.63, 3.8) is 0 Å². The maximum Gasteiger partial charge on any atom is 0.387 e. The molecule has 6 nitrogen and oxygen atoms in total. The van der Waals surface area contributed by atoms with Crippen molar-refractivity contribution in [1.29, 1.82) is 0 Å². The van der Waals surface area contributed by atoms with Gasteiger partial charge in [-0.3, -0.25) is 9.89 Å². The molecule has 0 aliphatic carbocycles. The lowest BCUT2D eigenvalue weighted by atomic mass is 10.0. The van der Waals surface area contributed by atoms with Gasteiger partial charge in [0.1, 0.15) is 11.5 Å². The van der Waals surface area contributed by atoms with E-state index in [0.29, 0.717) is 29.9 Å². The number of piperidine rings is 1. The summed E-state index contributed by atoms with van der Waals surface area (Å²) >= 11 is 0. The van der Waals surface area contributed by atoms with Crippen molar-refractivity contribution in [3.8, 4) is 11.5 Å². The fourth-order valence-corrected chi connectivity index (χ4v) is 3.88. The number of ether oxygens (including phenoxy) is 2. The van der Waals surface area contributed by atoms with E-state index in [9.17, 15) is 8.78 Å². The third-order valence-electron chi connectivity index (χ3n) is 5.58. The van der Waals surface area contributed by atoms with Crippen LogP contribution in [0.15, 0.2) is 47.5 Å². The molecular weight excluding hydrogens is 541 g/mol. The van der Waals surface area contributed by atoms with Crippen molar-refractivity contribution in [3.05, 3.63) is 59.2 Å². The van der Waals surface area contributed by atoms with Crippen LogP contribution in [0.25, 0.3) is 0 Å². The highest BCUT2D eigenvalue weighted by atomic mass is 127. The molecule has 1 aliphatic heterocycles. The molecule has 0 radical (unpaired) electrons. The summed E-state index contributed by atoms with van der Waals surface area (Å²) in [6.07, 6.45) is 2.02. The van der Waals surface area contributed by atoms with Crippen molar-refractivity contribution in [2.75, 3.05) is 27.2 Å². The molecule has 0 amide bonds. The highest BCUT2D eigenvalue weighted by molar-refractivity contribution is 14.0. The Morgan fingerprint density at radius 2 is 1.94 bits per heavy atom. The van der Waals surface area contributed by atoms with Gasteiger partial charge >= 0.3 is 6.61 Å². The van der Waals surface area contributed by atoms with Crippen LogP contribution < -0.4 is 20.1 Å². The minimum absolute atomic E-state index is 0. The number of aryl methyl sites for hydroxylation is 1. The first-order valence-electron chi connectivity index (χ1n) is 10.8. The van der Waals surface area contributed by atoms with Crippen LogP contribution >= 0.6 is 24.0 Å². The number of halogens is 3. The number of benzene rings is 2. The Kier molecular flexibility index (Phi) is 11.1. The molecule has 33 heavy (non-hydrogen) atoms. The van der Waals surface area contributed by atoms with Gasteiger partial charge < -0.3 is 20.1 Å². The number of nitrogens with zero attached hydrogens (tertiary/aromatic N) is 2. The Bertz CT molecular complexity index is 906. The van der Waals surface area contributed by atoms with Gasteiger partial charge in [-0.1, -0.05) is 29.8 Å². The van der Waals surface area contributed by atoms with Crippen LogP contribution in [-0.2, 0) is 13.1 Å². The third kappa shape index (κ3) is 8.62. The molecule has 1 saturated heterocycles. The van der Waals surface area contributed by atoms with Crippen molar-refractivity contribution >= 4 is 29.9 Å². The van der Waals surface area contributed by atoms with E-state index in [4.69, 9.17) is 4.74 Å². The molecule has 1 fully saturated rings. The second-order valence-electron chi connectivity index (χ2n) is 7.96. The summed E-state index contributed by atoms with van der Waals surface area (Å²) in [7, 11) is 3.18. The van der Waals surface area contributed by atoms with Crippen molar-refractivity contribution in [2.24, 2.45) is 4.99 Å². The predicted molar refractivity (Wildman–Crippen MR) is 138 cm³/mol. The summed E-state index contributed by atoms with van der Waals surface area (Å²) in [6, 6.07) is 13.8. The summed E-state index contributed by atoms with van der Waals surface area (Å²) in [5, 5.41) is 6.65. The predicted octanol–water partition coefficient (Wildman–Crippen LogP) is 4.55. The lowest BCUT2D eigenvalue weighted by Gasteiger charge is -2.33. The molecular formula is C24H33F2IN4O2. The maximum atomic E-state index is 12.8. The monoisotopic (exact) mass is 574 g/mol. The van der Waals surface area contributed by atoms with Gasteiger partial charge in [-0.25, -0.2) is 0 Å². The molecule has 0 saturated carbocycles. The molecule has 0 spiro atoms. The number of hydrogen-bond donors (Lipinski definition) is 2. The summed E-state index contributed by atoms with van der Waals surface area (Å²) in [5.41, 5.74) is 3.23. The van der Waals surface area contributed by atoms with Crippen LogP contribution in [0, 0.1) is 6.92 Å². The van der Waals surface area contributed by atoms with Crippen LogP contribution in [0.3, 0.4) is 0 Å². The van der Waals surface area contributed by atoms with Gasteiger partial charge in [0.2, 0.25) is 0 Å². The van der Waals surface area contributed by atoms with E-state index in [2.05, 4.69) is 56.5 Å². The second kappa shape index (κ2) is 13.5. The van der Waals surface area contributed by atoms with E-state index in [1.54, 1.807) is 19.2 Å². The number of hydrogen-bond acceptors (Lipinski definition) is 4. The average molecular weight is 574 g/mol. The fourth-order valence-electron chi connectivity index (χ4n) is 3.88. The van der Waals surface area contributed by atoms with Gasteiger partial charge in [0.05, 0.1) is 7.11 Å². The molecule has 1 aliphatic rings. The quantitative estimate of drug-likeness (QED) is 0.275. The smallest absolute Gasteiger partial charge is 0.387 e. The first-order valence-corrected chi connectivity index (χ1v) is 10.8. The Balaban J connectivity index is 0.00000385. The Morgan fingerprint density at radius 1 is 1.18 bits per heavy atom. The van der Waals surface area contributed by atoms with Crippen LogP contribution in [0.2, 0.25) is 0 Å². The molecule has 2 aromatic rings. The molecule has 0 bridgehead atoms. The third-order valence-corrected chi connectivity index (χ3v) is 5.58. The van der Waals surface area contributed by atoms with E-state index >= 15 is 0 Å². The van der Waals surface area contributed by atoms with Crippen LogP contribution in [0.4, 0.5) is 8.78 Å². The molecule has 9 heteroatoms. The van der Waals surface area contributed by atoms with Crippen molar-refractivity contribution < 1.29 is 18.3 Å². The zero-order chi connectivity index (χ0) is 22.9. The van der Waals surface area contributed by atoms with Gasteiger partial charge in [-0.15, -0.1) is 24.0 Å². The molecule has 0 atom stereocenters. The van der Waals surface area contributed by atoms with Crippen LogP contribution in [-0.4, -0.2) is 50.8 Å². The fraction of sp³-hybridized carbons (Fsp3) is 0.458. The second-order valence-corrected chi connectivity index (χ2v) is 7.96. The molecule has 3 rings (SSSR count). The van der Waals surface area contributed by atoms with E-state index in [0.717, 1.165) is 32.5 Å². The Labute approximate surface area is 211 Å². The molecule has 0 unspecified atom stereocenters. The average Bonchev–Trinajstić information content (AvgIpc) is 2.78. The number of rotatable bonds is 8. The number of likely N-dealkylation sites (tertiary alicyclic amines) is 1. The number of guanidine groups is 1. The summed E-state index contributed by atoms with van der Waals surface area (Å²) in [6.45, 7) is 2.50. The standard InChI is InChI=1S/C24H32F2N4O2.HI/c1-17-5-4-6-18(13-17)16-30-11-9-20(10-12-30)29-24(27-2)28-15-19-7-8-21(31-3)14-22(19)32-23(25)26;/h4-8,13-14,20,23H,9-12,15-16H2,1-3H3,(H2,27,28,29);1H. The molecule has 2 aromatic carbocycles. The number of nitrogens with one attached hydrogen (secondary N) is 2. The van der Waals surface area contributed by atoms with Gasteiger partial charge in [0, 0.05) is 50.9 Å². The molecule has 1 heterocycles. The van der Waals surface area contributed by atoms with E-state index in [1.165, 1.54) is 24.3 Å². The summed E-state index contributed by atoms with van der Waals surface area (Å²) in [4.78, 5) is 6.75. The van der Waals surface area contributed by atoms with Crippen molar-refractivity contribution in [1.82, 2.24) is 15.5 Å². The SMILES string of the molecule is CN=C(NCc1ccc(OC)cc1OC(F)F)NC1CCN(Cc2cccc(C)c2)CC1.I.